The van der Waals surface area contributed by atoms with Crippen LogP contribution in [0.3, 0.4) is 0 Å². The van der Waals surface area contributed by atoms with Gasteiger partial charge >= 0.3 is 5.97 Å². The maximum absolute atomic E-state index is 12.4. The normalized spacial score (nSPS) is 14.6. The quantitative estimate of drug-likeness (QED) is 0.746. The van der Waals surface area contributed by atoms with E-state index in [-0.39, 0.29) is 31.5 Å². The highest BCUT2D eigenvalue weighted by molar-refractivity contribution is 6.00. The zero-order valence-electron chi connectivity index (χ0n) is 16.6. The largest absolute Gasteiger partial charge is 0.491 e. The first-order valence-corrected chi connectivity index (χ1v) is 9.43. The fourth-order valence-corrected chi connectivity index (χ4v) is 2.96. The van der Waals surface area contributed by atoms with Crippen molar-refractivity contribution in [2.24, 2.45) is 0 Å². The van der Waals surface area contributed by atoms with Gasteiger partial charge in [0.2, 0.25) is 5.91 Å². The number of aromatic nitrogens is 2. The summed E-state index contributed by atoms with van der Waals surface area (Å²) in [5, 5.41) is 6.84. The van der Waals surface area contributed by atoms with Gasteiger partial charge in [0.15, 0.2) is 6.10 Å². The van der Waals surface area contributed by atoms with E-state index >= 15 is 0 Å². The molecule has 2 amide bonds. The number of para-hydroxylation sites is 2. The Kier molecular flexibility index (Phi) is 6.16. The zero-order chi connectivity index (χ0) is 21.0. The lowest BCUT2D eigenvalue weighted by molar-refractivity contribution is -0.152. The Morgan fingerprint density at radius 3 is 2.76 bits per heavy atom. The van der Waals surface area contributed by atoms with Crippen LogP contribution in [0.25, 0.3) is 0 Å². The lowest BCUT2D eigenvalue weighted by Crippen LogP contribution is -2.39. The van der Waals surface area contributed by atoms with Crippen molar-refractivity contribution in [2.45, 2.75) is 39.3 Å². The number of hydrogen-bond donors (Lipinski definition) is 1. The SMILES string of the molecule is CC(C)n1nccc1NC(=O)[C@H](C)OC(=O)CN1C(=O)CCOc2ccccc21. The number of hydrogen-bond acceptors (Lipinski definition) is 6. The van der Waals surface area contributed by atoms with Crippen LogP contribution in [0.5, 0.6) is 5.75 Å². The third-order valence-electron chi connectivity index (χ3n) is 4.41. The minimum absolute atomic E-state index is 0.0643. The van der Waals surface area contributed by atoms with Crippen molar-refractivity contribution in [2.75, 3.05) is 23.4 Å². The number of esters is 1. The van der Waals surface area contributed by atoms with E-state index in [9.17, 15) is 14.4 Å². The Hall–Kier alpha value is -3.36. The summed E-state index contributed by atoms with van der Waals surface area (Å²) in [4.78, 5) is 38.5. The van der Waals surface area contributed by atoms with Crippen molar-refractivity contribution < 1.29 is 23.9 Å². The van der Waals surface area contributed by atoms with E-state index in [0.717, 1.165) is 0 Å². The van der Waals surface area contributed by atoms with Gasteiger partial charge in [0, 0.05) is 12.1 Å². The molecule has 1 aromatic heterocycles. The van der Waals surface area contributed by atoms with E-state index < -0.39 is 18.0 Å². The molecule has 0 aliphatic carbocycles. The van der Waals surface area contributed by atoms with Crippen molar-refractivity contribution in [1.29, 1.82) is 0 Å². The van der Waals surface area contributed by atoms with Crippen LogP contribution in [0.4, 0.5) is 11.5 Å². The average molecular weight is 400 g/mol. The van der Waals surface area contributed by atoms with Gasteiger partial charge in [-0.25, -0.2) is 4.68 Å². The van der Waals surface area contributed by atoms with E-state index in [1.807, 2.05) is 13.8 Å². The summed E-state index contributed by atoms with van der Waals surface area (Å²) in [6.45, 7) is 5.28. The van der Waals surface area contributed by atoms with Gasteiger partial charge < -0.3 is 14.8 Å². The summed E-state index contributed by atoms with van der Waals surface area (Å²) in [5.74, 6) is -0.368. The molecular formula is C20H24N4O5. The molecule has 0 radical (unpaired) electrons. The Bertz CT molecular complexity index is 908. The summed E-state index contributed by atoms with van der Waals surface area (Å²) < 4.78 is 12.5. The fourth-order valence-electron chi connectivity index (χ4n) is 2.96. The number of nitrogens with zero attached hydrogens (tertiary/aromatic N) is 3. The molecule has 1 aromatic carbocycles. The molecule has 1 N–H and O–H groups in total. The second kappa shape index (κ2) is 8.76. The number of fused-ring (bicyclic) bond motifs is 1. The van der Waals surface area contributed by atoms with Crippen LogP contribution in [-0.4, -0.2) is 46.8 Å². The Labute approximate surface area is 168 Å². The highest BCUT2D eigenvalue weighted by atomic mass is 16.5. The molecule has 0 spiro atoms. The number of benzene rings is 1. The second-order valence-corrected chi connectivity index (χ2v) is 6.92. The summed E-state index contributed by atoms with van der Waals surface area (Å²) in [5.41, 5.74) is 0.505. The fraction of sp³-hybridized carbons (Fsp3) is 0.400. The molecule has 0 saturated carbocycles. The van der Waals surface area contributed by atoms with Gasteiger partial charge in [0.1, 0.15) is 18.1 Å². The topological polar surface area (TPSA) is 103 Å². The molecule has 2 heterocycles. The van der Waals surface area contributed by atoms with Gasteiger partial charge in [0.25, 0.3) is 5.91 Å². The summed E-state index contributed by atoms with van der Waals surface area (Å²) in [7, 11) is 0. The van der Waals surface area contributed by atoms with Crippen molar-refractivity contribution in [3.8, 4) is 5.75 Å². The Morgan fingerprint density at radius 1 is 1.24 bits per heavy atom. The van der Waals surface area contributed by atoms with Crippen LogP contribution in [0.1, 0.15) is 33.2 Å². The predicted molar refractivity (Wildman–Crippen MR) is 106 cm³/mol. The lowest BCUT2D eigenvalue weighted by Gasteiger charge is -2.22. The molecule has 9 heteroatoms. The first-order chi connectivity index (χ1) is 13.9. The van der Waals surface area contributed by atoms with E-state index in [0.29, 0.717) is 17.3 Å². The van der Waals surface area contributed by atoms with Crippen LogP contribution in [-0.2, 0) is 19.1 Å². The minimum Gasteiger partial charge on any atom is -0.491 e. The smallest absolute Gasteiger partial charge is 0.326 e. The van der Waals surface area contributed by atoms with Gasteiger partial charge in [-0.1, -0.05) is 12.1 Å². The van der Waals surface area contributed by atoms with Crippen LogP contribution in [0.15, 0.2) is 36.5 Å². The number of carbonyl (C=O) groups excluding carboxylic acids is 3. The van der Waals surface area contributed by atoms with Gasteiger partial charge in [-0.05, 0) is 32.9 Å². The number of amides is 2. The predicted octanol–water partition coefficient (Wildman–Crippen LogP) is 2.15. The minimum atomic E-state index is -1.04. The summed E-state index contributed by atoms with van der Waals surface area (Å²) in [6.07, 6.45) is 0.695. The molecule has 1 atom stereocenters. The molecular weight excluding hydrogens is 376 g/mol. The molecule has 0 fully saturated rings. The number of ether oxygens (including phenoxy) is 2. The lowest BCUT2D eigenvalue weighted by atomic mass is 10.2. The summed E-state index contributed by atoms with van der Waals surface area (Å²) in [6, 6.07) is 8.72. The molecule has 1 aliphatic heterocycles. The standard InChI is InChI=1S/C20H24N4O5/c1-13(2)24-17(8-10-21-24)22-20(27)14(3)29-19(26)12-23-15-6-4-5-7-16(15)28-11-9-18(23)25/h4-8,10,13-14H,9,11-12H2,1-3H3,(H,22,27)/t14-/m0/s1. The van der Waals surface area contributed by atoms with Crippen molar-refractivity contribution in [3.63, 3.8) is 0 Å². The number of nitrogens with one attached hydrogen (secondary N) is 1. The molecule has 154 valence electrons. The number of anilines is 2. The molecule has 0 bridgehead atoms. The summed E-state index contributed by atoms with van der Waals surface area (Å²) >= 11 is 0. The molecule has 29 heavy (non-hydrogen) atoms. The van der Waals surface area contributed by atoms with E-state index in [1.165, 1.54) is 11.8 Å². The molecule has 9 nitrogen and oxygen atoms in total. The van der Waals surface area contributed by atoms with E-state index in [4.69, 9.17) is 9.47 Å². The molecule has 3 rings (SSSR count). The van der Waals surface area contributed by atoms with Gasteiger partial charge in [-0.2, -0.15) is 5.10 Å². The maximum atomic E-state index is 12.4. The second-order valence-electron chi connectivity index (χ2n) is 6.92. The molecule has 0 saturated heterocycles. The third kappa shape index (κ3) is 4.74. The number of carbonyl (C=O) groups is 3. The van der Waals surface area contributed by atoms with E-state index in [1.54, 1.807) is 41.2 Å². The van der Waals surface area contributed by atoms with Gasteiger partial charge in [-0.15, -0.1) is 0 Å². The zero-order valence-corrected chi connectivity index (χ0v) is 16.6. The maximum Gasteiger partial charge on any atom is 0.326 e. The van der Waals surface area contributed by atoms with Crippen LogP contribution >= 0.6 is 0 Å². The van der Waals surface area contributed by atoms with E-state index in [2.05, 4.69) is 10.4 Å². The van der Waals surface area contributed by atoms with Crippen LogP contribution < -0.4 is 15.0 Å². The van der Waals surface area contributed by atoms with Crippen LogP contribution in [0, 0.1) is 0 Å². The van der Waals surface area contributed by atoms with Crippen molar-refractivity contribution >= 4 is 29.3 Å². The Balaban J connectivity index is 1.63. The molecule has 1 aliphatic rings. The highest BCUT2D eigenvalue weighted by Crippen LogP contribution is 2.30. The van der Waals surface area contributed by atoms with Crippen molar-refractivity contribution in [3.05, 3.63) is 36.5 Å². The first kappa shape index (κ1) is 20.4. The number of rotatable bonds is 6. The Morgan fingerprint density at radius 2 is 2.00 bits per heavy atom. The average Bonchev–Trinajstić information content (AvgIpc) is 3.08. The first-order valence-electron chi connectivity index (χ1n) is 9.43. The van der Waals surface area contributed by atoms with Crippen LogP contribution in [0.2, 0.25) is 0 Å². The van der Waals surface area contributed by atoms with Gasteiger partial charge in [-0.3, -0.25) is 19.3 Å². The monoisotopic (exact) mass is 400 g/mol. The highest BCUT2D eigenvalue weighted by Gasteiger charge is 2.27. The molecule has 2 aromatic rings. The van der Waals surface area contributed by atoms with Gasteiger partial charge in [0.05, 0.1) is 24.9 Å². The van der Waals surface area contributed by atoms with Crippen molar-refractivity contribution in [1.82, 2.24) is 9.78 Å². The third-order valence-corrected chi connectivity index (χ3v) is 4.41. The molecule has 0 unspecified atom stereocenters.